The van der Waals surface area contributed by atoms with Crippen LogP contribution in [0.2, 0.25) is 0 Å². The summed E-state index contributed by atoms with van der Waals surface area (Å²) in [5.74, 6) is 1.83. The third-order valence-corrected chi connectivity index (χ3v) is 3.98. The van der Waals surface area contributed by atoms with Gasteiger partial charge in [-0.15, -0.1) is 0 Å². The molecule has 1 aliphatic heterocycles. The molecule has 3 heteroatoms. The lowest BCUT2D eigenvalue weighted by Gasteiger charge is -2.19. The van der Waals surface area contributed by atoms with Crippen molar-refractivity contribution >= 4 is 0 Å². The smallest absolute Gasteiger partial charge is 0.165 e. The minimum absolute atomic E-state index is 0.609. The summed E-state index contributed by atoms with van der Waals surface area (Å²) in [6.07, 6.45) is 7.25. The minimum Gasteiger partial charge on any atom is -0.490 e. The van der Waals surface area contributed by atoms with Crippen LogP contribution >= 0.6 is 0 Å². The highest BCUT2D eigenvalue weighted by Crippen LogP contribution is 2.33. The van der Waals surface area contributed by atoms with Gasteiger partial charge in [0.15, 0.2) is 11.5 Å². The minimum atomic E-state index is 0.609. The number of nitrogens with one attached hydrogen (secondary N) is 1. The molecule has 0 bridgehead atoms. The molecule has 118 valence electrons. The van der Waals surface area contributed by atoms with E-state index in [1.807, 2.05) is 6.07 Å². The van der Waals surface area contributed by atoms with Gasteiger partial charge < -0.3 is 14.8 Å². The van der Waals surface area contributed by atoms with Crippen LogP contribution in [0.1, 0.15) is 57.9 Å². The van der Waals surface area contributed by atoms with Crippen LogP contribution in [0.5, 0.6) is 11.5 Å². The van der Waals surface area contributed by atoms with Crippen molar-refractivity contribution in [3.63, 3.8) is 0 Å². The summed E-state index contributed by atoms with van der Waals surface area (Å²) >= 11 is 0. The van der Waals surface area contributed by atoms with Crippen molar-refractivity contribution in [2.45, 2.75) is 65.0 Å². The van der Waals surface area contributed by atoms with Crippen LogP contribution < -0.4 is 14.8 Å². The van der Waals surface area contributed by atoms with E-state index in [4.69, 9.17) is 9.47 Å². The molecule has 1 atom stereocenters. The second kappa shape index (κ2) is 8.93. The number of hydrogen-bond acceptors (Lipinski definition) is 3. The highest BCUT2D eigenvalue weighted by molar-refractivity contribution is 5.47. The first-order valence-electron chi connectivity index (χ1n) is 8.46. The molecular weight excluding hydrogens is 262 g/mol. The number of unbranched alkanes of at least 4 members (excludes halogenated alkanes) is 1. The lowest BCUT2D eigenvalue weighted by Crippen LogP contribution is -2.28. The zero-order valence-electron chi connectivity index (χ0n) is 13.5. The van der Waals surface area contributed by atoms with Gasteiger partial charge in [-0.3, -0.25) is 0 Å². The Kier molecular flexibility index (Phi) is 6.87. The summed E-state index contributed by atoms with van der Waals surface area (Å²) in [4.78, 5) is 0. The average Bonchev–Trinajstić information content (AvgIpc) is 2.75. The van der Waals surface area contributed by atoms with E-state index >= 15 is 0 Å². The average molecular weight is 291 g/mol. The second-order valence-corrected chi connectivity index (χ2v) is 5.80. The highest BCUT2D eigenvalue weighted by atomic mass is 16.5. The molecule has 0 saturated carbocycles. The van der Waals surface area contributed by atoms with E-state index in [0.717, 1.165) is 37.7 Å². The van der Waals surface area contributed by atoms with Gasteiger partial charge in [0.25, 0.3) is 0 Å². The van der Waals surface area contributed by atoms with Crippen LogP contribution in [0.15, 0.2) is 18.2 Å². The van der Waals surface area contributed by atoms with Crippen LogP contribution in [0, 0.1) is 0 Å². The van der Waals surface area contributed by atoms with Crippen molar-refractivity contribution in [1.29, 1.82) is 0 Å². The molecule has 1 aliphatic rings. The molecule has 0 aliphatic carbocycles. The molecule has 0 fully saturated rings. The van der Waals surface area contributed by atoms with Gasteiger partial charge in [0.05, 0.1) is 13.2 Å². The van der Waals surface area contributed by atoms with E-state index < -0.39 is 0 Å². The van der Waals surface area contributed by atoms with Crippen molar-refractivity contribution in [3.8, 4) is 11.5 Å². The van der Waals surface area contributed by atoms with Gasteiger partial charge in [0.1, 0.15) is 0 Å². The lowest BCUT2D eigenvalue weighted by atomic mass is 10.0. The van der Waals surface area contributed by atoms with E-state index in [0.29, 0.717) is 6.04 Å². The van der Waals surface area contributed by atoms with E-state index in [-0.39, 0.29) is 0 Å². The summed E-state index contributed by atoms with van der Waals surface area (Å²) in [6, 6.07) is 6.82. The zero-order chi connectivity index (χ0) is 14.9. The molecule has 0 aromatic heterocycles. The number of para-hydroxylation sites is 1. The van der Waals surface area contributed by atoms with Crippen LogP contribution in [-0.2, 0) is 6.54 Å². The molecule has 1 unspecified atom stereocenters. The van der Waals surface area contributed by atoms with E-state index in [9.17, 15) is 0 Å². The SMILES string of the molecule is CCCCC(CCC)NCc1cccc2c1OCCCO2. The first-order valence-corrected chi connectivity index (χ1v) is 8.46. The number of hydrogen-bond donors (Lipinski definition) is 1. The van der Waals surface area contributed by atoms with Gasteiger partial charge in [-0.05, 0) is 18.9 Å². The van der Waals surface area contributed by atoms with Crippen LogP contribution in [-0.4, -0.2) is 19.3 Å². The molecule has 0 saturated heterocycles. The van der Waals surface area contributed by atoms with Gasteiger partial charge in [-0.2, -0.15) is 0 Å². The lowest BCUT2D eigenvalue weighted by molar-refractivity contribution is 0.295. The Hall–Kier alpha value is -1.22. The quantitative estimate of drug-likeness (QED) is 0.774. The van der Waals surface area contributed by atoms with Crippen molar-refractivity contribution in [2.75, 3.05) is 13.2 Å². The maximum absolute atomic E-state index is 5.89. The van der Waals surface area contributed by atoms with Crippen molar-refractivity contribution in [1.82, 2.24) is 5.32 Å². The summed E-state index contributed by atoms with van der Waals surface area (Å²) < 4.78 is 11.6. The summed E-state index contributed by atoms with van der Waals surface area (Å²) in [5.41, 5.74) is 1.21. The summed E-state index contributed by atoms with van der Waals surface area (Å²) in [7, 11) is 0. The summed E-state index contributed by atoms with van der Waals surface area (Å²) in [5, 5.41) is 3.71. The maximum Gasteiger partial charge on any atom is 0.165 e. The number of benzene rings is 1. The molecule has 0 spiro atoms. The van der Waals surface area contributed by atoms with Crippen LogP contribution in [0.4, 0.5) is 0 Å². The predicted octanol–water partition coefficient (Wildman–Crippen LogP) is 4.30. The van der Waals surface area contributed by atoms with Gasteiger partial charge in [0.2, 0.25) is 0 Å². The Labute approximate surface area is 129 Å². The fourth-order valence-corrected chi connectivity index (χ4v) is 2.79. The maximum atomic E-state index is 5.89. The Morgan fingerprint density at radius 3 is 2.76 bits per heavy atom. The standard InChI is InChI=1S/C18H29NO2/c1-3-5-10-16(8-4-2)19-14-15-9-6-11-17-18(15)21-13-7-12-20-17/h6,9,11,16,19H,3-5,7-8,10,12-14H2,1-2H3. The van der Waals surface area contributed by atoms with Gasteiger partial charge in [0, 0.05) is 24.6 Å². The molecule has 1 heterocycles. The van der Waals surface area contributed by atoms with Crippen molar-refractivity contribution in [2.24, 2.45) is 0 Å². The molecular formula is C18H29NO2. The zero-order valence-corrected chi connectivity index (χ0v) is 13.5. The molecule has 0 amide bonds. The van der Waals surface area contributed by atoms with E-state index in [1.54, 1.807) is 0 Å². The molecule has 3 nitrogen and oxygen atoms in total. The Bertz CT molecular complexity index is 420. The summed E-state index contributed by atoms with van der Waals surface area (Å²) in [6.45, 7) is 6.87. The first-order chi connectivity index (χ1) is 10.3. The number of rotatable bonds is 8. The number of ether oxygens (including phenoxy) is 2. The Balaban J connectivity index is 1.98. The first kappa shape index (κ1) is 16.2. The molecule has 1 N–H and O–H groups in total. The molecule has 0 radical (unpaired) electrons. The monoisotopic (exact) mass is 291 g/mol. The van der Waals surface area contributed by atoms with Crippen LogP contribution in [0.3, 0.4) is 0 Å². The fraction of sp³-hybridized carbons (Fsp3) is 0.667. The Morgan fingerprint density at radius 2 is 1.95 bits per heavy atom. The molecule has 2 rings (SSSR count). The van der Waals surface area contributed by atoms with Crippen molar-refractivity contribution < 1.29 is 9.47 Å². The largest absolute Gasteiger partial charge is 0.490 e. The molecule has 1 aromatic rings. The normalized spacial score (nSPS) is 15.5. The highest BCUT2D eigenvalue weighted by Gasteiger charge is 2.15. The second-order valence-electron chi connectivity index (χ2n) is 5.80. The topological polar surface area (TPSA) is 30.5 Å². The predicted molar refractivity (Wildman–Crippen MR) is 87.1 cm³/mol. The Morgan fingerprint density at radius 1 is 1.10 bits per heavy atom. The van der Waals surface area contributed by atoms with Gasteiger partial charge in [-0.25, -0.2) is 0 Å². The van der Waals surface area contributed by atoms with E-state index in [2.05, 4.69) is 31.3 Å². The third-order valence-electron chi connectivity index (χ3n) is 3.98. The number of fused-ring (bicyclic) bond motifs is 1. The van der Waals surface area contributed by atoms with E-state index in [1.165, 1.54) is 37.7 Å². The van der Waals surface area contributed by atoms with Gasteiger partial charge >= 0.3 is 0 Å². The van der Waals surface area contributed by atoms with Gasteiger partial charge in [-0.1, -0.05) is 45.2 Å². The fourth-order valence-electron chi connectivity index (χ4n) is 2.79. The molecule has 1 aromatic carbocycles. The van der Waals surface area contributed by atoms with Crippen LogP contribution in [0.25, 0.3) is 0 Å². The third kappa shape index (κ3) is 4.92. The van der Waals surface area contributed by atoms with Crippen molar-refractivity contribution in [3.05, 3.63) is 23.8 Å². The molecule has 21 heavy (non-hydrogen) atoms.